The van der Waals surface area contributed by atoms with E-state index < -0.39 is 0 Å². The molecule has 3 rings (SSSR count). The lowest BCUT2D eigenvalue weighted by Crippen LogP contribution is -2.36. The highest BCUT2D eigenvalue weighted by Gasteiger charge is 2.23. The van der Waals surface area contributed by atoms with Crippen LogP contribution in [-0.4, -0.2) is 37.5 Å². The highest BCUT2D eigenvalue weighted by atomic mass is 19.1. The first-order valence-corrected chi connectivity index (χ1v) is 5.79. The fourth-order valence-electron chi connectivity index (χ4n) is 2.71. The van der Waals surface area contributed by atoms with Crippen LogP contribution in [0.25, 0.3) is 10.9 Å². The van der Waals surface area contributed by atoms with Gasteiger partial charge in [0.25, 0.3) is 0 Å². The van der Waals surface area contributed by atoms with Gasteiger partial charge in [0, 0.05) is 12.6 Å². The maximum atomic E-state index is 13.5. The van der Waals surface area contributed by atoms with E-state index >= 15 is 0 Å². The summed E-state index contributed by atoms with van der Waals surface area (Å²) < 4.78 is 15.7. The third-order valence-corrected chi connectivity index (χ3v) is 3.64. The Balaban J connectivity index is 2.23. The number of nitrogens with zero attached hydrogens (tertiary/aromatic N) is 2. The summed E-state index contributed by atoms with van der Waals surface area (Å²) in [6, 6.07) is 3.56. The number of hydrogen-bond acceptors (Lipinski definition) is 1. The fourth-order valence-corrected chi connectivity index (χ4v) is 2.71. The van der Waals surface area contributed by atoms with Gasteiger partial charge >= 0.3 is 0 Å². The molecule has 0 saturated carbocycles. The van der Waals surface area contributed by atoms with Gasteiger partial charge in [-0.15, -0.1) is 0 Å². The van der Waals surface area contributed by atoms with Crippen LogP contribution in [0.2, 0.25) is 0 Å². The van der Waals surface area contributed by atoms with Gasteiger partial charge in [-0.05, 0) is 49.8 Å². The zero-order chi connectivity index (χ0) is 12.2. The van der Waals surface area contributed by atoms with Crippen LogP contribution >= 0.6 is 0 Å². The second-order valence-corrected chi connectivity index (χ2v) is 5.02. The van der Waals surface area contributed by atoms with E-state index in [1.54, 1.807) is 6.07 Å². The summed E-state index contributed by atoms with van der Waals surface area (Å²) in [4.78, 5) is 2.18. The highest BCUT2D eigenvalue weighted by Crippen LogP contribution is 2.27. The van der Waals surface area contributed by atoms with Gasteiger partial charge in [-0.1, -0.05) is 5.46 Å². The molecule has 86 valence electrons. The molecule has 0 fully saturated rings. The predicted molar refractivity (Wildman–Crippen MR) is 68.5 cm³/mol. The van der Waals surface area contributed by atoms with Gasteiger partial charge in [0.2, 0.25) is 0 Å². The van der Waals surface area contributed by atoms with E-state index in [1.807, 2.05) is 6.20 Å². The number of likely N-dealkylation sites (N-methyl/N-ethyl adjacent to an activating group) is 1. The maximum Gasteiger partial charge on any atom is 0.124 e. The van der Waals surface area contributed by atoms with Crippen LogP contribution in [0.1, 0.15) is 5.56 Å². The Morgan fingerprint density at radius 2 is 2.18 bits per heavy atom. The molecule has 0 N–H and O–H groups in total. The number of hydrogen-bond donors (Lipinski definition) is 0. The molecule has 2 heterocycles. The van der Waals surface area contributed by atoms with Crippen molar-refractivity contribution in [3.63, 3.8) is 0 Å². The Morgan fingerprint density at radius 3 is 2.88 bits per heavy atom. The van der Waals surface area contributed by atoms with E-state index in [4.69, 9.17) is 7.85 Å². The molecule has 1 atom stereocenters. The second-order valence-electron chi connectivity index (χ2n) is 5.02. The summed E-state index contributed by atoms with van der Waals surface area (Å²) in [6.45, 7) is 0.916. The molecular formula is C13H14BFN2. The average Bonchev–Trinajstić information content (AvgIpc) is 2.56. The van der Waals surface area contributed by atoms with E-state index in [-0.39, 0.29) is 5.82 Å². The van der Waals surface area contributed by atoms with Crippen LogP contribution in [0.15, 0.2) is 18.3 Å². The standard InChI is InChI=1S/C13H14BFN2/c1-16(2)10-4-8-3-9(15)5-11-12(14)7-17(6-10)13(8)11/h3,5,7,10H,4,6H2,1-2H3. The topological polar surface area (TPSA) is 8.17 Å². The van der Waals surface area contributed by atoms with Crippen LogP contribution in [0.3, 0.4) is 0 Å². The summed E-state index contributed by atoms with van der Waals surface area (Å²) >= 11 is 0. The van der Waals surface area contributed by atoms with Crippen molar-refractivity contribution in [1.29, 1.82) is 0 Å². The zero-order valence-electron chi connectivity index (χ0n) is 10.1. The van der Waals surface area contributed by atoms with Gasteiger partial charge in [-0.2, -0.15) is 0 Å². The first kappa shape index (κ1) is 10.8. The Labute approximate surface area is 101 Å². The quantitative estimate of drug-likeness (QED) is 0.662. The summed E-state index contributed by atoms with van der Waals surface area (Å²) in [5.41, 5.74) is 2.82. The van der Waals surface area contributed by atoms with Crippen LogP contribution in [0.4, 0.5) is 4.39 Å². The maximum absolute atomic E-state index is 13.5. The molecular weight excluding hydrogens is 214 g/mol. The molecule has 17 heavy (non-hydrogen) atoms. The number of aromatic nitrogens is 1. The minimum absolute atomic E-state index is 0.198. The third kappa shape index (κ3) is 1.59. The van der Waals surface area contributed by atoms with E-state index in [1.165, 1.54) is 6.07 Å². The fraction of sp³-hybridized carbons (Fsp3) is 0.385. The monoisotopic (exact) mass is 228 g/mol. The largest absolute Gasteiger partial charge is 0.346 e. The molecule has 0 saturated heterocycles. The van der Waals surface area contributed by atoms with Crippen molar-refractivity contribution in [2.45, 2.75) is 19.0 Å². The van der Waals surface area contributed by atoms with Crippen molar-refractivity contribution in [1.82, 2.24) is 9.47 Å². The number of benzene rings is 1. The second kappa shape index (κ2) is 3.60. The van der Waals surface area contributed by atoms with Gasteiger partial charge in [0.15, 0.2) is 0 Å². The van der Waals surface area contributed by atoms with Crippen molar-refractivity contribution in [3.05, 3.63) is 29.7 Å². The first-order chi connectivity index (χ1) is 8.06. The molecule has 0 aliphatic carbocycles. The van der Waals surface area contributed by atoms with E-state index in [0.717, 1.165) is 29.4 Å². The molecule has 0 spiro atoms. The molecule has 1 aromatic heterocycles. The lowest BCUT2D eigenvalue weighted by Gasteiger charge is -2.30. The Bertz CT molecular complexity index is 589. The van der Waals surface area contributed by atoms with Crippen molar-refractivity contribution in [3.8, 4) is 0 Å². The first-order valence-electron chi connectivity index (χ1n) is 5.79. The van der Waals surface area contributed by atoms with Crippen molar-refractivity contribution in [2.75, 3.05) is 14.1 Å². The lowest BCUT2D eigenvalue weighted by atomic mass is 9.93. The molecule has 0 amide bonds. The van der Waals surface area contributed by atoms with Gasteiger partial charge < -0.3 is 9.47 Å². The zero-order valence-corrected chi connectivity index (χ0v) is 10.1. The lowest BCUT2D eigenvalue weighted by molar-refractivity contribution is 0.258. The predicted octanol–water partition coefficient (Wildman–Crippen LogP) is 1.06. The molecule has 2 aromatic rings. The summed E-state index contributed by atoms with van der Waals surface area (Å²) in [7, 11) is 10.0. The van der Waals surface area contributed by atoms with Gasteiger partial charge in [-0.25, -0.2) is 4.39 Å². The minimum atomic E-state index is -0.198. The normalized spacial score (nSPS) is 19.2. The van der Waals surface area contributed by atoms with E-state index in [0.29, 0.717) is 11.5 Å². The van der Waals surface area contributed by atoms with Crippen LogP contribution in [0, 0.1) is 5.82 Å². The molecule has 0 bridgehead atoms. The van der Waals surface area contributed by atoms with Gasteiger partial charge in [0.05, 0.1) is 5.52 Å². The molecule has 2 nitrogen and oxygen atoms in total. The Hall–Kier alpha value is -1.29. The molecule has 1 aromatic carbocycles. The molecule has 1 aliphatic rings. The highest BCUT2D eigenvalue weighted by molar-refractivity contribution is 6.39. The Morgan fingerprint density at radius 1 is 1.41 bits per heavy atom. The Kier molecular flexibility index (Phi) is 2.30. The summed E-state index contributed by atoms with van der Waals surface area (Å²) in [5.74, 6) is -0.198. The van der Waals surface area contributed by atoms with Crippen LogP contribution in [0.5, 0.6) is 0 Å². The third-order valence-electron chi connectivity index (χ3n) is 3.64. The number of rotatable bonds is 1. The average molecular weight is 228 g/mol. The van der Waals surface area contributed by atoms with Crippen molar-refractivity contribution < 1.29 is 4.39 Å². The molecule has 2 radical (unpaired) electrons. The summed E-state index contributed by atoms with van der Waals surface area (Å²) in [5, 5.41) is 0.845. The SMILES string of the molecule is [B]c1cn2c3c(cc(F)cc13)CC(N(C)C)C2. The molecule has 1 unspecified atom stereocenters. The van der Waals surface area contributed by atoms with E-state index in [2.05, 4.69) is 23.6 Å². The van der Waals surface area contributed by atoms with Gasteiger partial charge in [-0.3, -0.25) is 0 Å². The molecule has 4 heteroatoms. The smallest absolute Gasteiger partial charge is 0.124 e. The van der Waals surface area contributed by atoms with Gasteiger partial charge in [0.1, 0.15) is 13.7 Å². The molecule has 1 aliphatic heterocycles. The van der Waals surface area contributed by atoms with Crippen LogP contribution < -0.4 is 5.46 Å². The summed E-state index contributed by atoms with van der Waals surface area (Å²) in [6.07, 6.45) is 2.80. The number of halogens is 1. The van der Waals surface area contributed by atoms with Crippen molar-refractivity contribution >= 4 is 24.2 Å². The van der Waals surface area contributed by atoms with E-state index in [9.17, 15) is 4.39 Å². The van der Waals surface area contributed by atoms with Crippen molar-refractivity contribution in [2.24, 2.45) is 0 Å². The minimum Gasteiger partial charge on any atom is -0.346 e. The van der Waals surface area contributed by atoms with Crippen LogP contribution in [-0.2, 0) is 13.0 Å².